The van der Waals surface area contributed by atoms with Crippen LogP contribution in [-0.4, -0.2) is 13.1 Å². The number of benzene rings is 1. The molecule has 0 amide bonds. The van der Waals surface area contributed by atoms with Crippen molar-refractivity contribution in [3.63, 3.8) is 0 Å². The van der Waals surface area contributed by atoms with Crippen LogP contribution in [0.4, 0.5) is 4.39 Å². The van der Waals surface area contributed by atoms with E-state index in [1.54, 1.807) is 6.07 Å². The van der Waals surface area contributed by atoms with Crippen molar-refractivity contribution in [3.05, 3.63) is 35.1 Å². The maximum Gasteiger partial charge on any atom is 0.127 e. The predicted molar refractivity (Wildman–Crippen MR) is 52.4 cm³/mol. The molecule has 0 bridgehead atoms. The third kappa shape index (κ3) is 0.913. The highest BCUT2D eigenvalue weighted by Crippen LogP contribution is 2.46. The fourth-order valence-electron chi connectivity index (χ4n) is 2.86. The van der Waals surface area contributed by atoms with Gasteiger partial charge in [0.05, 0.1) is 0 Å². The summed E-state index contributed by atoms with van der Waals surface area (Å²) in [7, 11) is 0. The summed E-state index contributed by atoms with van der Waals surface area (Å²) in [6.45, 7) is 1.78. The molecule has 0 spiro atoms. The molecule has 74 valence electrons. The van der Waals surface area contributed by atoms with Crippen LogP contribution in [-0.2, 0) is 0 Å². The van der Waals surface area contributed by atoms with Crippen molar-refractivity contribution in [1.82, 2.24) is 5.32 Å². The molecule has 0 saturated carbocycles. The number of hydrogen-bond acceptors (Lipinski definition) is 2. The molecule has 1 saturated heterocycles. The Kier molecular flexibility index (Phi) is 1.66. The van der Waals surface area contributed by atoms with Crippen LogP contribution >= 0.6 is 0 Å². The average molecular weight is 192 g/mol. The van der Waals surface area contributed by atoms with Gasteiger partial charge in [0.1, 0.15) is 5.82 Å². The highest BCUT2D eigenvalue weighted by atomic mass is 19.1. The average Bonchev–Trinajstić information content (AvgIpc) is 2.72. The van der Waals surface area contributed by atoms with E-state index in [1.807, 2.05) is 6.07 Å². The first-order valence-corrected chi connectivity index (χ1v) is 5.03. The molecular formula is C11H13FN2. The van der Waals surface area contributed by atoms with E-state index in [0.717, 1.165) is 24.2 Å². The smallest absolute Gasteiger partial charge is 0.127 e. The van der Waals surface area contributed by atoms with E-state index in [9.17, 15) is 4.39 Å². The summed E-state index contributed by atoms with van der Waals surface area (Å²) in [6.07, 6.45) is 0. The first-order chi connectivity index (χ1) is 6.79. The lowest BCUT2D eigenvalue weighted by molar-refractivity contribution is 0.467. The van der Waals surface area contributed by atoms with Crippen LogP contribution in [0.2, 0.25) is 0 Å². The number of halogens is 1. The lowest BCUT2D eigenvalue weighted by atomic mass is 9.95. The summed E-state index contributed by atoms with van der Waals surface area (Å²) in [5.74, 6) is 0.595. The van der Waals surface area contributed by atoms with Crippen molar-refractivity contribution in [1.29, 1.82) is 0 Å². The topological polar surface area (TPSA) is 38.0 Å². The van der Waals surface area contributed by atoms with Crippen molar-refractivity contribution < 1.29 is 4.39 Å². The van der Waals surface area contributed by atoms with Crippen LogP contribution in [0.5, 0.6) is 0 Å². The van der Waals surface area contributed by atoms with Gasteiger partial charge in [0.2, 0.25) is 0 Å². The van der Waals surface area contributed by atoms with Gasteiger partial charge < -0.3 is 11.1 Å². The minimum absolute atomic E-state index is 0.0145. The molecule has 0 radical (unpaired) electrons. The standard InChI is InChI=1S/C11H13FN2/c12-9-3-1-2-6-10(9)7-4-14-5-8(7)11(6)13/h1-3,7-8,11,14H,4-5,13H2/t7-,8+,11-/m0/s1. The second-order valence-electron chi connectivity index (χ2n) is 4.20. The second kappa shape index (κ2) is 2.78. The zero-order valence-corrected chi connectivity index (χ0v) is 7.83. The highest BCUT2D eigenvalue weighted by Gasteiger charge is 2.42. The third-order valence-electron chi connectivity index (χ3n) is 3.54. The largest absolute Gasteiger partial charge is 0.324 e. The van der Waals surface area contributed by atoms with Crippen molar-refractivity contribution in [2.24, 2.45) is 11.7 Å². The van der Waals surface area contributed by atoms with Gasteiger partial charge in [0.15, 0.2) is 0 Å². The Hall–Kier alpha value is -0.930. The number of fused-ring (bicyclic) bond motifs is 3. The van der Waals surface area contributed by atoms with Gasteiger partial charge in [-0.2, -0.15) is 0 Å². The molecule has 3 rings (SSSR count). The molecule has 1 aliphatic carbocycles. The highest BCUT2D eigenvalue weighted by molar-refractivity contribution is 5.41. The number of nitrogens with one attached hydrogen (secondary N) is 1. The summed E-state index contributed by atoms with van der Waals surface area (Å²) in [5, 5.41) is 3.28. The third-order valence-corrected chi connectivity index (χ3v) is 3.54. The quantitative estimate of drug-likeness (QED) is 0.647. The normalized spacial score (nSPS) is 34.3. The van der Waals surface area contributed by atoms with Crippen LogP contribution in [0.15, 0.2) is 18.2 Å². The molecule has 3 heteroatoms. The number of nitrogens with two attached hydrogens (primary N) is 1. The van der Waals surface area contributed by atoms with Crippen LogP contribution in [0, 0.1) is 11.7 Å². The van der Waals surface area contributed by atoms with Gasteiger partial charge in [0, 0.05) is 25.0 Å². The Balaban J connectivity index is 2.18. The molecule has 14 heavy (non-hydrogen) atoms. The Morgan fingerprint density at radius 1 is 1.36 bits per heavy atom. The Labute approximate surface area is 82.3 Å². The van der Waals surface area contributed by atoms with Crippen LogP contribution in [0.1, 0.15) is 23.1 Å². The van der Waals surface area contributed by atoms with Gasteiger partial charge >= 0.3 is 0 Å². The molecule has 0 unspecified atom stereocenters. The summed E-state index contributed by atoms with van der Waals surface area (Å²) >= 11 is 0. The van der Waals surface area contributed by atoms with Crippen LogP contribution in [0.3, 0.4) is 0 Å². The molecule has 1 aromatic rings. The maximum atomic E-state index is 13.6. The Morgan fingerprint density at radius 2 is 2.21 bits per heavy atom. The van der Waals surface area contributed by atoms with Crippen molar-refractivity contribution in [2.75, 3.05) is 13.1 Å². The summed E-state index contributed by atoms with van der Waals surface area (Å²) in [4.78, 5) is 0. The van der Waals surface area contributed by atoms with Crippen molar-refractivity contribution in [3.8, 4) is 0 Å². The molecule has 0 aromatic heterocycles. The van der Waals surface area contributed by atoms with Gasteiger partial charge in [0.25, 0.3) is 0 Å². The zero-order chi connectivity index (χ0) is 9.71. The summed E-state index contributed by atoms with van der Waals surface area (Å²) in [6, 6.07) is 5.26. The molecular weight excluding hydrogens is 179 g/mol. The van der Waals surface area contributed by atoms with E-state index in [2.05, 4.69) is 5.32 Å². The second-order valence-corrected chi connectivity index (χ2v) is 4.20. The molecule has 1 fully saturated rings. The van der Waals surface area contributed by atoms with Gasteiger partial charge in [-0.3, -0.25) is 0 Å². The number of hydrogen-bond donors (Lipinski definition) is 2. The van der Waals surface area contributed by atoms with E-state index in [0.29, 0.717) is 11.8 Å². The Bertz CT molecular complexity index is 378. The fraction of sp³-hybridized carbons (Fsp3) is 0.455. The lowest BCUT2D eigenvalue weighted by Crippen LogP contribution is -2.20. The van der Waals surface area contributed by atoms with Crippen molar-refractivity contribution >= 4 is 0 Å². The minimum atomic E-state index is -0.0888. The summed E-state index contributed by atoms with van der Waals surface area (Å²) < 4.78 is 13.6. The molecule has 3 N–H and O–H groups in total. The molecule has 2 aliphatic rings. The summed E-state index contributed by atoms with van der Waals surface area (Å²) in [5.41, 5.74) is 7.97. The predicted octanol–water partition coefficient (Wildman–Crippen LogP) is 1.14. The van der Waals surface area contributed by atoms with E-state index >= 15 is 0 Å². The van der Waals surface area contributed by atoms with E-state index in [4.69, 9.17) is 5.73 Å². The van der Waals surface area contributed by atoms with Crippen LogP contribution in [0.25, 0.3) is 0 Å². The molecule has 1 aliphatic heterocycles. The van der Waals surface area contributed by atoms with Gasteiger partial charge in [-0.05, 0) is 23.1 Å². The molecule has 3 atom stereocenters. The first-order valence-electron chi connectivity index (χ1n) is 5.03. The first kappa shape index (κ1) is 8.38. The minimum Gasteiger partial charge on any atom is -0.324 e. The van der Waals surface area contributed by atoms with Crippen molar-refractivity contribution in [2.45, 2.75) is 12.0 Å². The fourth-order valence-corrected chi connectivity index (χ4v) is 2.86. The molecule has 1 aromatic carbocycles. The van der Waals surface area contributed by atoms with E-state index in [-0.39, 0.29) is 11.9 Å². The maximum absolute atomic E-state index is 13.6. The van der Waals surface area contributed by atoms with Gasteiger partial charge in [-0.25, -0.2) is 4.39 Å². The zero-order valence-electron chi connectivity index (χ0n) is 7.83. The molecule has 1 heterocycles. The molecule has 2 nitrogen and oxygen atoms in total. The van der Waals surface area contributed by atoms with Crippen LogP contribution < -0.4 is 11.1 Å². The SMILES string of the molecule is N[C@H]1c2cccc(F)c2[C@H]2CNC[C@H]21. The monoisotopic (exact) mass is 192 g/mol. The lowest BCUT2D eigenvalue weighted by Gasteiger charge is -2.12. The number of rotatable bonds is 0. The van der Waals surface area contributed by atoms with E-state index < -0.39 is 0 Å². The van der Waals surface area contributed by atoms with Gasteiger partial charge in [-0.15, -0.1) is 0 Å². The van der Waals surface area contributed by atoms with Gasteiger partial charge in [-0.1, -0.05) is 12.1 Å². The Morgan fingerprint density at radius 3 is 3.07 bits per heavy atom. The van der Waals surface area contributed by atoms with E-state index in [1.165, 1.54) is 6.07 Å².